The van der Waals surface area contributed by atoms with Crippen LogP contribution in [-0.2, 0) is 14.3 Å². The molecule has 0 fully saturated rings. The quantitative estimate of drug-likeness (QED) is 0.417. The zero-order chi connectivity index (χ0) is 17.2. The van der Waals surface area contributed by atoms with Crippen LogP contribution >= 0.6 is 0 Å². The maximum Gasteiger partial charge on any atom is 0.335 e. The van der Waals surface area contributed by atoms with Gasteiger partial charge in [-0.05, 0) is 23.8 Å². The van der Waals surface area contributed by atoms with Crippen LogP contribution in [-0.4, -0.2) is 32.8 Å². The second-order valence-electron chi connectivity index (χ2n) is 4.12. The van der Waals surface area contributed by atoms with Crippen molar-refractivity contribution in [2.45, 2.75) is 0 Å². The molecule has 0 aliphatic carbocycles. The van der Waals surface area contributed by atoms with Gasteiger partial charge >= 0.3 is 11.9 Å². The zero-order valence-corrected chi connectivity index (χ0v) is 13.0. The van der Waals surface area contributed by atoms with E-state index in [1.165, 1.54) is 14.2 Å². The van der Waals surface area contributed by atoms with Crippen molar-refractivity contribution in [1.82, 2.24) is 0 Å². The minimum Gasteiger partial charge on any atom is -0.493 e. The Labute approximate surface area is 134 Å². The molecule has 6 heteroatoms. The van der Waals surface area contributed by atoms with Gasteiger partial charge in [-0.15, -0.1) is 0 Å². The summed E-state index contributed by atoms with van der Waals surface area (Å²) >= 11 is 0. The monoisotopic (exact) mass is 318 g/mol. The van der Waals surface area contributed by atoms with Crippen molar-refractivity contribution < 1.29 is 28.5 Å². The molecule has 1 aromatic carbocycles. The fraction of sp³-hybridized carbons (Fsp3) is 0.176. The minimum absolute atomic E-state index is 0.0999. The molecular weight excluding hydrogens is 300 g/mol. The second-order valence-corrected chi connectivity index (χ2v) is 4.12. The molecule has 0 aliphatic rings. The fourth-order valence-corrected chi connectivity index (χ4v) is 1.61. The normalized spacial score (nSPS) is 10.0. The lowest BCUT2D eigenvalue weighted by molar-refractivity contribution is -0.136. The molecule has 23 heavy (non-hydrogen) atoms. The Balaban J connectivity index is 3.00. The minimum atomic E-state index is -0.624. The molecule has 0 bridgehead atoms. The topological polar surface area (TPSA) is 71.1 Å². The number of ether oxygens (including phenoxy) is 4. The van der Waals surface area contributed by atoms with Gasteiger partial charge in [0.15, 0.2) is 11.5 Å². The number of hydrogen-bond acceptors (Lipinski definition) is 6. The van der Waals surface area contributed by atoms with Gasteiger partial charge < -0.3 is 18.9 Å². The summed E-state index contributed by atoms with van der Waals surface area (Å²) in [5.41, 5.74) is 0.715. The number of carbonyl (C=O) groups is 2. The lowest BCUT2D eigenvalue weighted by Gasteiger charge is -2.13. The van der Waals surface area contributed by atoms with E-state index in [-0.39, 0.29) is 12.4 Å². The van der Waals surface area contributed by atoms with Crippen LogP contribution in [0.1, 0.15) is 5.56 Å². The third-order valence-electron chi connectivity index (χ3n) is 2.65. The molecule has 122 valence electrons. The van der Waals surface area contributed by atoms with Crippen molar-refractivity contribution in [3.05, 3.63) is 49.1 Å². The van der Waals surface area contributed by atoms with Crippen LogP contribution in [0.15, 0.2) is 43.5 Å². The average Bonchev–Trinajstić information content (AvgIpc) is 2.58. The maximum absolute atomic E-state index is 11.4. The second kappa shape index (κ2) is 9.09. The molecule has 0 aliphatic heterocycles. The van der Waals surface area contributed by atoms with Crippen LogP contribution in [0.4, 0.5) is 0 Å². The molecule has 1 aromatic rings. The number of methoxy groups -OCH3 is 2. The van der Waals surface area contributed by atoms with Crippen LogP contribution in [0, 0.1) is 0 Å². The number of carbonyl (C=O) groups excluding carboxylic acids is 2. The highest BCUT2D eigenvalue weighted by molar-refractivity contribution is 5.84. The average molecular weight is 318 g/mol. The van der Waals surface area contributed by atoms with Gasteiger partial charge in [0.25, 0.3) is 0 Å². The largest absolute Gasteiger partial charge is 0.493 e. The van der Waals surface area contributed by atoms with Gasteiger partial charge in [0.05, 0.1) is 14.2 Å². The van der Waals surface area contributed by atoms with E-state index in [0.29, 0.717) is 17.1 Å². The first-order valence-corrected chi connectivity index (χ1v) is 6.61. The van der Waals surface area contributed by atoms with E-state index in [9.17, 15) is 9.59 Å². The lowest BCUT2D eigenvalue weighted by Crippen LogP contribution is -2.06. The highest BCUT2D eigenvalue weighted by Gasteiger charge is 2.15. The summed E-state index contributed by atoms with van der Waals surface area (Å²) in [6, 6.07) is 3.31. The predicted molar refractivity (Wildman–Crippen MR) is 85.6 cm³/mol. The maximum atomic E-state index is 11.4. The van der Waals surface area contributed by atoms with Gasteiger partial charge in [-0.25, -0.2) is 9.59 Å². The highest BCUT2D eigenvalue weighted by Crippen LogP contribution is 2.39. The van der Waals surface area contributed by atoms with Crippen molar-refractivity contribution in [3.63, 3.8) is 0 Å². The number of benzene rings is 1. The molecule has 0 aromatic heterocycles. The van der Waals surface area contributed by atoms with Crippen molar-refractivity contribution in [2.75, 3.05) is 20.8 Å². The summed E-state index contributed by atoms with van der Waals surface area (Å²) < 4.78 is 20.4. The molecule has 0 atom stereocenters. The molecule has 0 saturated carbocycles. The molecule has 0 amide bonds. The molecule has 0 spiro atoms. The van der Waals surface area contributed by atoms with Gasteiger partial charge in [-0.3, -0.25) is 0 Å². The fourth-order valence-electron chi connectivity index (χ4n) is 1.61. The van der Waals surface area contributed by atoms with E-state index in [2.05, 4.69) is 13.2 Å². The standard InChI is InChI=1S/C17H18O6/c1-5-15(18)22-9-7-8-12-10-13(20-3)17(14(11-12)21-4)23-16(19)6-2/h5-8,10-11H,1-2,9H2,3-4H3/b8-7+. The molecule has 0 radical (unpaired) electrons. The predicted octanol–water partition coefficient (Wildman–Crippen LogP) is 2.54. The molecule has 0 N–H and O–H groups in total. The summed E-state index contributed by atoms with van der Waals surface area (Å²) in [5, 5.41) is 0. The van der Waals surface area contributed by atoms with Crippen molar-refractivity contribution >= 4 is 18.0 Å². The molecule has 0 saturated heterocycles. The van der Waals surface area contributed by atoms with E-state index in [1.807, 2.05) is 0 Å². The van der Waals surface area contributed by atoms with E-state index >= 15 is 0 Å². The van der Waals surface area contributed by atoms with Gasteiger partial charge in [-0.1, -0.05) is 19.2 Å². The lowest BCUT2D eigenvalue weighted by atomic mass is 10.1. The number of rotatable bonds is 8. The van der Waals surface area contributed by atoms with Crippen molar-refractivity contribution in [2.24, 2.45) is 0 Å². The summed E-state index contributed by atoms with van der Waals surface area (Å²) in [5.74, 6) is -0.322. The molecule has 6 nitrogen and oxygen atoms in total. The first-order chi connectivity index (χ1) is 11.0. The number of hydrogen-bond donors (Lipinski definition) is 0. The van der Waals surface area contributed by atoms with Crippen LogP contribution in [0.5, 0.6) is 17.2 Å². The summed E-state index contributed by atoms with van der Waals surface area (Å²) in [4.78, 5) is 22.3. The Hall–Kier alpha value is -3.02. The Morgan fingerprint density at radius 2 is 1.61 bits per heavy atom. The zero-order valence-electron chi connectivity index (χ0n) is 13.0. The van der Waals surface area contributed by atoms with Crippen molar-refractivity contribution in [1.29, 1.82) is 0 Å². The van der Waals surface area contributed by atoms with Gasteiger partial charge in [-0.2, -0.15) is 0 Å². The Morgan fingerprint density at radius 1 is 1.04 bits per heavy atom. The highest BCUT2D eigenvalue weighted by atomic mass is 16.6. The van der Waals surface area contributed by atoms with Gasteiger partial charge in [0, 0.05) is 12.2 Å². The number of esters is 2. The van der Waals surface area contributed by atoms with Gasteiger partial charge in [0.1, 0.15) is 6.61 Å². The summed E-state index contributed by atoms with van der Waals surface area (Å²) in [6.07, 6.45) is 5.48. The van der Waals surface area contributed by atoms with Crippen LogP contribution in [0.3, 0.4) is 0 Å². The first kappa shape index (κ1) is 18.0. The van der Waals surface area contributed by atoms with E-state index in [4.69, 9.17) is 18.9 Å². The van der Waals surface area contributed by atoms with E-state index in [1.54, 1.807) is 24.3 Å². The molecule has 0 heterocycles. The molecule has 0 unspecified atom stereocenters. The third-order valence-corrected chi connectivity index (χ3v) is 2.65. The van der Waals surface area contributed by atoms with E-state index < -0.39 is 11.9 Å². The Kier molecular flexibility index (Phi) is 7.13. The van der Waals surface area contributed by atoms with Crippen LogP contribution in [0.25, 0.3) is 6.08 Å². The van der Waals surface area contributed by atoms with Crippen LogP contribution in [0.2, 0.25) is 0 Å². The van der Waals surface area contributed by atoms with E-state index in [0.717, 1.165) is 12.2 Å². The van der Waals surface area contributed by atoms with Gasteiger partial charge in [0.2, 0.25) is 5.75 Å². The Morgan fingerprint density at radius 3 is 2.09 bits per heavy atom. The summed E-state index contributed by atoms with van der Waals surface area (Å²) in [7, 11) is 2.89. The van der Waals surface area contributed by atoms with Crippen molar-refractivity contribution in [3.8, 4) is 17.2 Å². The molecular formula is C17H18O6. The third kappa shape index (κ3) is 5.35. The van der Waals surface area contributed by atoms with Crippen LogP contribution < -0.4 is 14.2 Å². The summed E-state index contributed by atoms with van der Waals surface area (Å²) in [6.45, 7) is 6.74. The smallest absolute Gasteiger partial charge is 0.335 e. The Bertz CT molecular complexity index is 605. The molecule has 1 rings (SSSR count). The first-order valence-electron chi connectivity index (χ1n) is 6.61. The SMILES string of the molecule is C=CC(=O)OC/C=C/c1cc(OC)c(OC(=O)C=C)c(OC)c1.